The minimum Gasteiger partial charge on any atom is -0.465 e. The molecule has 2 rings (SSSR count). The number of carbonyl (C=O) groups is 1. The van der Waals surface area contributed by atoms with Crippen molar-refractivity contribution in [3.63, 3.8) is 0 Å². The van der Waals surface area contributed by atoms with Crippen molar-refractivity contribution in [3.05, 3.63) is 71.3 Å². The Bertz CT molecular complexity index is 709. The second-order valence-electron chi connectivity index (χ2n) is 5.45. The molecule has 0 aliphatic carbocycles. The molecule has 5 nitrogen and oxygen atoms in total. The van der Waals surface area contributed by atoms with Crippen LogP contribution in [-0.2, 0) is 22.5 Å². The molecule has 134 valence electrons. The van der Waals surface area contributed by atoms with E-state index in [2.05, 4.69) is 4.74 Å². The van der Waals surface area contributed by atoms with Gasteiger partial charge in [0.25, 0.3) is 0 Å². The van der Waals surface area contributed by atoms with Gasteiger partial charge in [-0.05, 0) is 29.7 Å². The summed E-state index contributed by atoms with van der Waals surface area (Å²) in [4.78, 5) is 11.4. The molecule has 0 heterocycles. The number of carbonyl (C=O) groups excluding carboxylic acids is 1. The third-order valence-corrected chi connectivity index (χ3v) is 4.97. The maximum Gasteiger partial charge on any atom is 0.337 e. The van der Waals surface area contributed by atoms with Crippen molar-refractivity contribution in [3.8, 4) is 0 Å². The maximum absolute atomic E-state index is 11.6. The highest BCUT2D eigenvalue weighted by atomic mass is 35.5. The first-order valence-electron chi connectivity index (χ1n) is 7.73. The Hall–Kier alpha value is -1.73. The molecule has 0 aliphatic heterocycles. The molecule has 0 bridgehead atoms. The van der Waals surface area contributed by atoms with E-state index in [0.29, 0.717) is 18.5 Å². The van der Waals surface area contributed by atoms with E-state index >= 15 is 0 Å². The first kappa shape index (κ1) is 19.6. The summed E-state index contributed by atoms with van der Waals surface area (Å²) in [6.45, 7) is 0.647. The molecule has 0 radical (unpaired) electrons. The second-order valence-corrected chi connectivity index (χ2v) is 6.95. The Morgan fingerprint density at radius 2 is 1.84 bits per heavy atom. The van der Waals surface area contributed by atoms with Crippen LogP contribution in [-0.4, -0.2) is 32.7 Å². The summed E-state index contributed by atoms with van der Waals surface area (Å²) in [5.41, 5.74) is 2.24. The van der Waals surface area contributed by atoms with Crippen LogP contribution in [0.1, 0.15) is 33.3 Å². The Morgan fingerprint density at radius 3 is 2.40 bits per heavy atom. The van der Waals surface area contributed by atoms with E-state index in [1.807, 2.05) is 30.3 Å². The maximum atomic E-state index is 11.6. The van der Waals surface area contributed by atoms with Gasteiger partial charge in [0, 0.05) is 13.1 Å². The fourth-order valence-electron chi connectivity index (χ4n) is 2.37. The average Bonchev–Trinajstić information content (AvgIpc) is 2.65. The summed E-state index contributed by atoms with van der Waals surface area (Å²) < 4.78 is 27.2. The van der Waals surface area contributed by atoms with Crippen LogP contribution in [0.15, 0.2) is 54.6 Å². The molecule has 2 unspecified atom stereocenters. The zero-order valence-electron chi connectivity index (χ0n) is 13.8. The van der Waals surface area contributed by atoms with Crippen molar-refractivity contribution in [2.24, 2.45) is 0 Å². The minimum absolute atomic E-state index is 0.228. The van der Waals surface area contributed by atoms with Gasteiger partial charge < -0.3 is 4.74 Å². The minimum atomic E-state index is -2.11. The van der Waals surface area contributed by atoms with Crippen molar-refractivity contribution >= 4 is 28.8 Å². The lowest BCUT2D eigenvalue weighted by Crippen LogP contribution is -2.27. The molecule has 0 amide bonds. The zero-order valence-corrected chi connectivity index (χ0v) is 15.4. The van der Waals surface area contributed by atoms with Crippen LogP contribution in [0.5, 0.6) is 0 Å². The fourth-order valence-corrected chi connectivity index (χ4v) is 3.13. The molecule has 0 aromatic heterocycles. The normalized spacial score (nSPS) is 13.4. The van der Waals surface area contributed by atoms with Crippen LogP contribution in [0.3, 0.4) is 0 Å². The largest absolute Gasteiger partial charge is 0.465 e. The molecule has 7 heteroatoms. The average molecular weight is 382 g/mol. The Kier molecular flexibility index (Phi) is 7.58. The summed E-state index contributed by atoms with van der Waals surface area (Å²) >= 11 is 4.26. The Balaban J connectivity index is 1.96. The fraction of sp³-hybridized carbons (Fsp3) is 0.278. The number of benzene rings is 2. The Morgan fingerprint density at radius 1 is 1.20 bits per heavy atom. The molecule has 1 N–H and O–H groups in total. The molecule has 2 aromatic rings. The van der Waals surface area contributed by atoms with Gasteiger partial charge in [0.05, 0.1) is 18.1 Å². The van der Waals surface area contributed by atoms with Crippen LogP contribution in [0.2, 0.25) is 0 Å². The van der Waals surface area contributed by atoms with Crippen LogP contribution in [0, 0.1) is 0 Å². The molecule has 0 aliphatic rings. The molecule has 0 saturated carbocycles. The highest BCUT2D eigenvalue weighted by Crippen LogP contribution is 2.24. The van der Waals surface area contributed by atoms with Gasteiger partial charge in [-0.2, -0.15) is 4.31 Å². The van der Waals surface area contributed by atoms with Crippen molar-refractivity contribution in [1.82, 2.24) is 4.31 Å². The number of hydrogen-bond acceptors (Lipinski definition) is 3. The number of hydrogen-bond donors (Lipinski definition) is 1. The van der Waals surface area contributed by atoms with Gasteiger partial charge in [0.1, 0.15) is 0 Å². The highest BCUT2D eigenvalue weighted by molar-refractivity contribution is 7.76. The molecule has 2 aromatic carbocycles. The number of halogens is 1. The van der Waals surface area contributed by atoms with Crippen LogP contribution in [0.4, 0.5) is 0 Å². The predicted octanol–water partition coefficient (Wildman–Crippen LogP) is 3.78. The molecule has 0 fully saturated rings. The van der Waals surface area contributed by atoms with Crippen LogP contribution < -0.4 is 0 Å². The van der Waals surface area contributed by atoms with E-state index in [4.69, 9.17) is 11.6 Å². The van der Waals surface area contributed by atoms with Crippen LogP contribution >= 0.6 is 11.6 Å². The number of methoxy groups -OCH3 is 1. The SMILES string of the molecule is COC(=O)c1ccc(CN(CCC(Cl)c2ccccc2)S(=O)O)cc1. The molecule has 0 spiro atoms. The van der Waals surface area contributed by atoms with E-state index in [1.54, 1.807) is 24.3 Å². The monoisotopic (exact) mass is 381 g/mol. The molecule has 2 atom stereocenters. The van der Waals surface area contributed by atoms with Gasteiger partial charge in [-0.3, -0.25) is 4.55 Å². The predicted molar refractivity (Wildman–Crippen MR) is 98.6 cm³/mol. The van der Waals surface area contributed by atoms with E-state index in [9.17, 15) is 13.6 Å². The first-order chi connectivity index (χ1) is 12.0. The summed E-state index contributed by atoms with van der Waals surface area (Å²) in [6.07, 6.45) is 0.540. The van der Waals surface area contributed by atoms with E-state index in [1.165, 1.54) is 11.4 Å². The van der Waals surface area contributed by atoms with Gasteiger partial charge in [0.2, 0.25) is 11.3 Å². The number of esters is 1. The van der Waals surface area contributed by atoms with Crippen molar-refractivity contribution in [2.75, 3.05) is 13.7 Å². The molecular formula is C18H20ClNO4S. The van der Waals surface area contributed by atoms with E-state index in [0.717, 1.165) is 11.1 Å². The lowest BCUT2D eigenvalue weighted by Gasteiger charge is -2.19. The first-order valence-corrected chi connectivity index (χ1v) is 9.23. The summed E-state index contributed by atoms with van der Waals surface area (Å²) in [5, 5.41) is -0.228. The number of nitrogens with zero attached hydrogens (tertiary/aromatic N) is 1. The van der Waals surface area contributed by atoms with Gasteiger partial charge >= 0.3 is 5.97 Å². The van der Waals surface area contributed by atoms with Gasteiger partial charge in [-0.15, -0.1) is 11.6 Å². The third kappa shape index (κ3) is 5.93. The summed E-state index contributed by atoms with van der Waals surface area (Å²) in [5.74, 6) is -0.415. The molecule has 25 heavy (non-hydrogen) atoms. The second kappa shape index (κ2) is 9.68. The van der Waals surface area contributed by atoms with E-state index < -0.39 is 17.2 Å². The zero-order chi connectivity index (χ0) is 18.2. The number of rotatable bonds is 8. The smallest absolute Gasteiger partial charge is 0.337 e. The van der Waals surface area contributed by atoms with Gasteiger partial charge in [0.15, 0.2) is 0 Å². The lowest BCUT2D eigenvalue weighted by molar-refractivity contribution is 0.0600. The molecule has 0 saturated heterocycles. The lowest BCUT2D eigenvalue weighted by atomic mass is 10.1. The number of ether oxygens (including phenoxy) is 1. The summed E-state index contributed by atoms with van der Waals surface area (Å²) in [6, 6.07) is 16.4. The standard InChI is InChI=1S/C18H20ClNO4S/c1-24-18(21)16-9-7-14(8-10-16)13-20(25(22)23)12-11-17(19)15-5-3-2-4-6-15/h2-10,17H,11-13H2,1H3,(H,22,23). The highest BCUT2D eigenvalue weighted by Gasteiger charge is 2.16. The third-order valence-electron chi connectivity index (χ3n) is 3.75. The molecular weight excluding hydrogens is 362 g/mol. The van der Waals surface area contributed by atoms with Crippen molar-refractivity contribution in [1.29, 1.82) is 0 Å². The number of alkyl halides is 1. The summed E-state index contributed by atoms with van der Waals surface area (Å²) in [7, 11) is 1.32. The topological polar surface area (TPSA) is 66.8 Å². The van der Waals surface area contributed by atoms with Crippen LogP contribution in [0.25, 0.3) is 0 Å². The van der Waals surface area contributed by atoms with Gasteiger partial charge in [-0.25, -0.2) is 9.00 Å². The Labute approximate surface area is 155 Å². The van der Waals surface area contributed by atoms with Gasteiger partial charge in [-0.1, -0.05) is 42.5 Å². The van der Waals surface area contributed by atoms with Crippen molar-refractivity contribution in [2.45, 2.75) is 18.3 Å². The van der Waals surface area contributed by atoms with Crippen molar-refractivity contribution < 1.29 is 18.3 Å². The van der Waals surface area contributed by atoms with E-state index in [-0.39, 0.29) is 11.9 Å². The quantitative estimate of drug-likeness (QED) is 0.429.